The van der Waals surface area contributed by atoms with Crippen LogP contribution in [-0.4, -0.2) is 10.9 Å². The van der Waals surface area contributed by atoms with Gasteiger partial charge < -0.3 is 5.11 Å². The maximum absolute atomic E-state index is 14.1. The van der Waals surface area contributed by atoms with Gasteiger partial charge in [0, 0.05) is 11.5 Å². The van der Waals surface area contributed by atoms with Gasteiger partial charge >= 0.3 is 0 Å². The summed E-state index contributed by atoms with van der Waals surface area (Å²) in [5.74, 6) is -2.92. The third-order valence-corrected chi connectivity index (χ3v) is 4.37. The molecule has 0 saturated heterocycles. The van der Waals surface area contributed by atoms with E-state index >= 15 is 0 Å². The van der Waals surface area contributed by atoms with E-state index in [1.807, 2.05) is 0 Å². The number of benzene rings is 1. The largest absolute Gasteiger partial charge is 0.504 e. The molecule has 0 spiro atoms. The van der Waals surface area contributed by atoms with E-state index in [1.165, 1.54) is 6.08 Å². The number of fused-ring (bicyclic) bond motifs is 1. The average Bonchev–Trinajstić information content (AvgIpc) is 2.96. The summed E-state index contributed by atoms with van der Waals surface area (Å²) in [5.41, 5.74) is 0.494. The van der Waals surface area contributed by atoms with Gasteiger partial charge in [0.1, 0.15) is 5.02 Å². The lowest BCUT2D eigenvalue weighted by atomic mass is 9.90. The van der Waals surface area contributed by atoms with Gasteiger partial charge in [0.15, 0.2) is 23.2 Å². The number of carbonyl (C=O) groups excluding carboxylic acids is 1. The highest BCUT2D eigenvalue weighted by molar-refractivity contribution is 6.32. The van der Waals surface area contributed by atoms with E-state index < -0.39 is 22.4 Å². The van der Waals surface area contributed by atoms with E-state index in [1.54, 1.807) is 0 Å². The van der Waals surface area contributed by atoms with Gasteiger partial charge in [-0.05, 0) is 36.5 Å². The predicted octanol–water partition coefficient (Wildman–Crippen LogP) is 3.71. The van der Waals surface area contributed by atoms with Gasteiger partial charge in [0.25, 0.3) is 0 Å². The lowest BCUT2D eigenvalue weighted by Gasteiger charge is -2.15. The second-order valence-corrected chi connectivity index (χ2v) is 5.41. The van der Waals surface area contributed by atoms with Crippen molar-refractivity contribution in [3.05, 3.63) is 34.4 Å². The van der Waals surface area contributed by atoms with Gasteiger partial charge in [-0.15, -0.1) is 0 Å². The summed E-state index contributed by atoms with van der Waals surface area (Å²) < 4.78 is 27.6. The highest BCUT2D eigenvalue weighted by Gasteiger charge is 2.41. The molecule has 5 heteroatoms. The molecule has 0 aromatic heterocycles. The van der Waals surface area contributed by atoms with Crippen molar-refractivity contribution in [1.29, 1.82) is 0 Å². The average molecular weight is 285 g/mol. The van der Waals surface area contributed by atoms with E-state index in [4.69, 9.17) is 11.6 Å². The summed E-state index contributed by atoms with van der Waals surface area (Å²) in [6.45, 7) is 0. The Hall–Kier alpha value is -1.42. The number of aromatic hydroxyl groups is 1. The molecule has 1 aromatic rings. The molecule has 2 aliphatic rings. The molecule has 1 saturated carbocycles. The van der Waals surface area contributed by atoms with Crippen molar-refractivity contribution in [1.82, 2.24) is 0 Å². The van der Waals surface area contributed by atoms with Gasteiger partial charge in [0.05, 0.1) is 0 Å². The molecule has 0 aliphatic heterocycles. The molecule has 0 bridgehead atoms. The molecule has 1 N–H and O–H groups in total. The number of rotatable bonds is 1. The van der Waals surface area contributed by atoms with Gasteiger partial charge in [-0.1, -0.05) is 18.0 Å². The molecule has 19 heavy (non-hydrogen) atoms. The van der Waals surface area contributed by atoms with E-state index in [2.05, 4.69) is 0 Å². The zero-order chi connectivity index (χ0) is 13.7. The highest BCUT2D eigenvalue weighted by Crippen LogP contribution is 2.48. The number of phenols is 1. The second-order valence-electron chi connectivity index (χ2n) is 5.03. The van der Waals surface area contributed by atoms with Crippen LogP contribution in [0.2, 0.25) is 5.02 Å². The maximum atomic E-state index is 14.1. The van der Waals surface area contributed by atoms with Crippen molar-refractivity contribution in [3.8, 4) is 5.75 Å². The Balaban J connectivity index is 2.13. The SMILES string of the molecule is O=C1C=C(c2cc(F)c(O)c(Cl)c2F)C2CCCC12. The summed E-state index contributed by atoms with van der Waals surface area (Å²) >= 11 is 5.57. The van der Waals surface area contributed by atoms with Crippen LogP contribution in [-0.2, 0) is 4.79 Å². The number of hydrogen-bond acceptors (Lipinski definition) is 2. The standard InChI is InChI=1S/C14H11ClF2O2/c15-12-13(17)9(4-10(16)14(12)19)8-5-11(18)7-3-1-2-6(7)8/h4-7,19H,1-3H2. The third-order valence-electron chi connectivity index (χ3n) is 4.02. The van der Waals surface area contributed by atoms with Gasteiger partial charge in [-0.3, -0.25) is 4.79 Å². The molecular formula is C14H11ClF2O2. The second kappa shape index (κ2) is 4.30. The number of carbonyl (C=O) groups is 1. The molecular weight excluding hydrogens is 274 g/mol. The quantitative estimate of drug-likeness (QED) is 0.798. The van der Waals surface area contributed by atoms with Crippen LogP contribution >= 0.6 is 11.6 Å². The Morgan fingerprint density at radius 1 is 1.26 bits per heavy atom. The molecule has 1 aromatic carbocycles. The fourth-order valence-corrected chi connectivity index (χ4v) is 3.31. The Morgan fingerprint density at radius 3 is 2.68 bits per heavy atom. The fourth-order valence-electron chi connectivity index (χ4n) is 3.11. The minimum Gasteiger partial charge on any atom is -0.504 e. The van der Waals surface area contributed by atoms with Crippen molar-refractivity contribution in [2.45, 2.75) is 19.3 Å². The molecule has 1 fully saturated rings. The van der Waals surface area contributed by atoms with Crippen molar-refractivity contribution >= 4 is 23.0 Å². The molecule has 0 radical (unpaired) electrons. The highest BCUT2D eigenvalue weighted by atomic mass is 35.5. The molecule has 2 unspecified atom stereocenters. The minimum absolute atomic E-state index is 0.0111. The Morgan fingerprint density at radius 2 is 1.95 bits per heavy atom. The Kier molecular flexibility index (Phi) is 2.86. The van der Waals surface area contributed by atoms with Gasteiger partial charge in [0.2, 0.25) is 0 Å². The van der Waals surface area contributed by atoms with E-state index in [-0.39, 0.29) is 23.2 Å². The summed E-state index contributed by atoms with van der Waals surface area (Å²) in [6.07, 6.45) is 3.88. The van der Waals surface area contributed by atoms with Gasteiger partial charge in [-0.2, -0.15) is 0 Å². The number of phenolic OH excluding ortho intramolecular Hbond substituents is 1. The summed E-state index contributed by atoms with van der Waals surface area (Å²) in [5, 5.41) is 8.63. The van der Waals surface area contributed by atoms with Crippen molar-refractivity contribution in [2.24, 2.45) is 11.8 Å². The molecule has 0 heterocycles. The summed E-state index contributed by atoms with van der Waals surface area (Å²) in [4.78, 5) is 11.8. The van der Waals surface area contributed by atoms with Crippen LogP contribution in [0.5, 0.6) is 5.75 Å². The molecule has 2 nitrogen and oxygen atoms in total. The van der Waals surface area contributed by atoms with Crippen LogP contribution in [0.15, 0.2) is 12.1 Å². The van der Waals surface area contributed by atoms with Crippen molar-refractivity contribution in [3.63, 3.8) is 0 Å². The minimum atomic E-state index is -0.976. The maximum Gasteiger partial charge on any atom is 0.173 e. The summed E-state index contributed by atoms with van der Waals surface area (Å²) in [7, 11) is 0. The first-order valence-corrected chi connectivity index (χ1v) is 6.50. The Bertz CT molecular complexity index is 610. The zero-order valence-corrected chi connectivity index (χ0v) is 10.7. The zero-order valence-electron chi connectivity index (χ0n) is 9.92. The predicted molar refractivity (Wildman–Crippen MR) is 66.8 cm³/mol. The van der Waals surface area contributed by atoms with E-state index in [0.29, 0.717) is 5.57 Å². The van der Waals surface area contributed by atoms with Gasteiger partial charge in [-0.25, -0.2) is 8.78 Å². The third kappa shape index (κ3) is 1.77. The van der Waals surface area contributed by atoms with E-state index in [0.717, 1.165) is 25.3 Å². The van der Waals surface area contributed by atoms with Crippen LogP contribution in [0.25, 0.3) is 5.57 Å². The summed E-state index contributed by atoms with van der Waals surface area (Å²) in [6, 6.07) is 0.913. The first kappa shape index (κ1) is 12.6. The first-order valence-electron chi connectivity index (χ1n) is 6.13. The van der Waals surface area contributed by atoms with Crippen molar-refractivity contribution < 1.29 is 18.7 Å². The van der Waals surface area contributed by atoms with Crippen LogP contribution in [0.4, 0.5) is 8.78 Å². The monoisotopic (exact) mass is 284 g/mol. The number of ketones is 1. The van der Waals surface area contributed by atoms with Crippen LogP contribution in [0, 0.1) is 23.5 Å². The molecule has 100 valence electrons. The number of hydrogen-bond donors (Lipinski definition) is 1. The molecule has 2 aliphatic carbocycles. The lowest BCUT2D eigenvalue weighted by molar-refractivity contribution is -0.117. The van der Waals surface area contributed by atoms with E-state index in [9.17, 15) is 18.7 Å². The van der Waals surface area contributed by atoms with Crippen LogP contribution < -0.4 is 0 Å². The first-order chi connectivity index (χ1) is 9.00. The Labute approximate surface area is 113 Å². The van der Waals surface area contributed by atoms with Crippen molar-refractivity contribution in [2.75, 3.05) is 0 Å². The smallest absolute Gasteiger partial charge is 0.173 e. The van der Waals surface area contributed by atoms with Crippen LogP contribution in [0.1, 0.15) is 24.8 Å². The lowest BCUT2D eigenvalue weighted by Crippen LogP contribution is -2.10. The fraction of sp³-hybridized carbons (Fsp3) is 0.357. The number of halogens is 3. The number of allylic oxidation sites excluding steroid dienone is 2. The normalized spacial score (nSPS) is 25.6. The van der Waals surface area contributed by atoms with Crippen LogP contribution in [0.3, 0.4) is 0 Å². The molecule has 0 amide bonds. The molecule has 3 rings (SSSR count). The molecule has 2 atom stereocenters. The topological polar surface area (TPSA) is 37.3 Å².